The van der Waals surface area contributed by atoms with Gasteiger partial charge in [-0.2, -0.15) is 8.42 Å². The van der Waals surface area contributed by atoms with E-state index in [-0.39, 0.29) is 0 Å². The van der Waals surface area contributed by atoms with Crippen molar-refractivity contribution in [1.82, 2.24) is 0 Å². The van der Waals surface area contributed by atoms with Gasteiger partial charge in [0.1, 0.15) is 12.7 Å². The topological polar surface area (TPSA) is 83.8 Å². The fourth-order valence-electron chi connectivity index (χ4n) is 1.36. The van der Waals surface area contributed by atoms with Crippen molar-refractivity contribution in [3.8, 4) is 35.5 Å². The van der Waals surface area contributed by atoms with Crippen molar-refractivity contribution < 1.29 is 22.3 Å². The minimum absolute atomic E-state index is 0.623. The summed E-state index contributed by atoms with van der Waals surface area (Å²) in [7, 11) is -4.55. The Labute approximate surface area is 146 Å². The van der Waals surface area contributed by atoms with E-state index in [1.165, 1.54) is 0 Å². The molecule has 1 unspecified atom stereocenters. The van der Waals surface area contributed by atoms with Gasteiger partial charge in [0.25, 0.3) is 0 Å². The first kappa shape index (κ1) is 21.7. The van der Waals surface area contributed by atoms with Crippen molar-refractivity contribution >= 4 is 26.3 Å². The molecular weight excluding hydrogens is 384 g/mol. The van der Waals surface area contributed by atoms with Crippen molar-refractivity contribution in [1.29, 1.82) is 0 Å². The summed E-state index contributed by atoms with van der Waals surface area (Å²) in [6.07, 6.45) is 6.25. The van der Waals surface area contributed by atoms with Gasteiger partial charge in [0.05, 0.1) is 0 Å². The Kier molecular flexibility index (Phi) is 13.5. The zero-order chi connectivity index (χ0) is 17.4. The first-order valence-electron chi connectivity index (χ1n) is 6.97. The third-order valence-electron chi connectivity index (χ3n) is 2.37. The number of aliphatic hydroxyl groups excluding tert-OH is 1. The van der Waals surface area contributed by atoms with E-state index in [0.717, 1.165) is 32.1 Å². The van der Waals surface area contributed by atoms with Crippen LogP contribution in [0.15, 0.2) is 11.1 Å². The molecular formula is C16H19BrO5S. The molecule has 0 spiro atoms. The summed E-state index contributed by atoms with van der Waals surface area (Å²) in [6, 6.07) is 0. The molecule has 2 N–H and O–H groups in total. The summed E-state index contributed by atoms with van der Waals surface area (Å²) < 4.78 is 32.8. The molecule has 0 saturated carbocycles. The number of aliphatic hydroxyl groups is 1. The van der Waals surface area contributed by atoms with Crippen LogP contribution < -0.4 is 0 Å². The van der Waals surface area contributed by atoms with E-state index >= 15 is 0 Å². The van der Waals surface area contributed by atoms with Crippen LogP contribution >= 0.6 is 15.9 Å². The Morgan fingerprint density at radius 1 is 1.09 bits per heavy atom. The number of rotatable bonds is 8. The van der Waals surface area contributed by atoms with Crippen LogP contribution in [0.1, 0.15) is 38.5 Å². The van der Waals surface area contributed by atoms with E-state index in [2.05, 4.69) is 55.6 Å². The largest absolute Gasteiger partial charge is 0.397 e. The predicted octanol–water partition coefficient (Wildman–Crippen LogP) is 2.43. The van der Waals surface area contributed by atoms with Gasteiger partial charge in [-0.15, -0.1) is 0 Å². The Balaban J connectivity index is 3.67. The molecule has 1 atom stereocenters. The molecule has 0 aliphatic heterocycles. The van der Waals surface area contributed by atoms with E-state index < -0.39 is 23.1 Å². The van der Waals surface area contributed by atoms with Gasteiger partial charge < -0.3 is 5.11 Å². The van der Waals surface area contributed by atoms with E-state index in [4.69, 9.17) is 4.55 Å². The van der Waals surface area contributed by atoms with Gasteiger partial charge in [0.2, 0.25) is 0 Å². The molecule has 0 fully saturated rings. The van der Waals surface area contributed by atoms with E-state index in [1.807, 2.05) is 0 Å². The van der Waals surface area contributed by atoms with Gasteiger partial charge in [0.15, 0.2) is 0 Å². The van der Waals surface area contributed by atoms with Crippen molar-refractivity contribution in [2.24, 2.45) is 0 Å². The van der Waals surface area contributed by atoms with Crippen LogP contribution in [0.2, 0.25) is 0 Å². The molecule has 0 aliphatic carbocycles. The quantitative estimate of drug-likeness (QED) is 0.370. The second-order valence-corrected chi connectivity index (χ2v) is 5.95. The normalized spacial score (nSPS) is 11.6. The molecule has 0 aromatic heterocycles. The SMILES string of the molecule is O=S(=O)(O)OCC(O)C#CC#CCCCCCCC#C/C=C/Br. The lowest BCUT2D eigenvalue weighted by molar-refractivity contribution is 0.144. The van der Waals surface area contributed by atoms with E-state index in [1.54, 1.807) is 11.1 Å². The smallest absolute Gasteiger partial charge is 0.378 e. The lowest BCUT2D eigenvalue weighted by Crippen LogP contribution is -2.16. The lowest BCUT2D eigenvalue weighted by atomic mass is 10.1. The highest BCUT2D eigenvalue weighted by molar-refractivity contribution is 9.11. The van der Waals surface area contributed by atoms with Crippen LogP contribution in [0.5, 0.6) is 0 Å². The summed E-state index contributed by atoms with van der Waals surface area (Å²) in [5.41, 5.74) is 0. The van der Waals surface area contributed by atoms with Crippen molar-refractivity contribution in [3.05, 3.63) is 11.1 Å². The van der Waals surface area contributed by atoms with Crippen LogP contribution in [-0.4, -0.2) is 30.8 Å². The van der Waals surface area contributed by atoms with Gasteiger partial charge in [-0.25, -0.2) is 4.18 Å². The maximum absolute atomic E-state index is 10.3. The second-order valence-electron chi connectivity index (χ2n) is 4.33. The number of allylic oxidation sites excluding steroid dienone is 1. The zero-order valence-corrected chi connectivity index (χ0v) is 15.0. The molecule has 0 radical (unpaired) electrons. The number of unbranched alkanes of at least 4 members (excludes halogenated alkanes) is 5. The summed E-state index contributed by atoms with van der Waals surface area (Å²) >= 11 is 3.14. The molecule has 7 heteroatoms. The summed E-state index contributed by atoms with van der Waals surface area (Å²) in [4.78, 5) is 1.72. The third-order valence-corrected chi connectivity index (χ3v) is 3.06. The van der Waals surface area contributed by atoms with Crippen molar-refractivity contribution in [3.63, 3.8) is 0 Å². The number of hydrogen-bond acceptors (Lipinski definition) is 4. The molecule has 5 nitrogen and oxygen atoms in total. The van der Waals surface area contributed by atoms with E-state index in [0.29, 0.717) is 6.42 Å². The highest BCUT2D eigenvalue weighted by atomic mass is 79.9. The van der Waals surface area contributed by atoms with E-state index in [9.17, 15) is 13.5 Å². The third kappa shape index (κ3) is 18.7. The lowest BCUT2D eigenvalue weighted by Gasteiger charge is -2.00. The summed E-state index contributed by atoms with van der Waals surface area (Å²) in [5.74, 6) is 16.0. The van der Waals surface area contributed by atoms with Gasteiger partial charge in [-0.3, -0.25) is 4.55 Å². The Bertz CT molecular complexity index is 635. The van der Waals surface area contributed by atoms with Gasteiger partial charge in [0, 0.05) is 12.8 Å². The van der Waals surface area contributed by atoms with Crippen LogP contribution in [0.3, 0.4) is 0 Å². The second kappa shape index (κ2) is 14.3. The predicted molar refractivity (Wildman–Crippen MR) is 92.6 cm³/mol. The first-order valence-corrected chi connectivity index (χ1v) is 9.25. The molecule has 0 aromatic carbocycles. The Morgan fingerprint density at radius 3 is 2.35 bits per heavy atom. The Morgan fingerprint density at radius 2 is 1.74 bits per heavy atom. The first-order chi connectivity index (χ1) is 11.0. The van der Waals surface area contributed by atoms with Crippen LogP contribution in [0.4, 0.5) is 0 Å². The minimum Gasteiger partial charge on any atom is -0.378 e. The highest BCUT2D eigenvalue weighted by Gasteiger charge is 2.07. The maximum Gasteiger partial charge on any atom is 0.397 e. The van der Waals surface area contributed by atoms with Gasteiger partial charge in [-0.1, -0.05) is 52.5 Å². The summed E-state index contributed by atoms with van der Waals surface area (Å²) in [5, 5.41) is 9.23. The highest BCUT2D eigenvalue weighted by Crippen LogP contribution is 2.04. The molecule has 23 heavy (non-hydrogen) atoms. The average molecular weight is 403 g/mol. The molecule has 0 amide bonds. The maximum atomic E-state index is 10.3. The van der Waals surface area contributed by atoms with Crippen LogP contribution in [0, 0.1) is 35.5 Å². The number of halogens is 1. The molecule has 0 rings (SSSR count). The van der Waals surface area contributed by atoms with Crippen molar-refractivity contribution in [2.45, 2.75) is 44.6 Å². The zero-order valence-electron chi connectivity index (χ0n) is 12.6. The van der Waals surface area contributed by atoms with Crippen LogP contribution in [0.25, 0.3) is 0 Å². The van der Waals surface area contributed by atoms with Gasteiger partial charge in [-0.05, 0) is 35.7 Å². The molecule has 0 aromatic rings. The van der Waals surface area contributed by atoms with Gasteiger partial charge >= 0.3 is 10.4 Å². The fraction of sp³-hybridized carbons (Fsp3) is 0.500. The molecule has 126 valence electrons. The van der Waals surface area contributed by atoms with Crippen molar-refractivity contribution in [2.75, 3.05) is 6.61 Å². The molecule has 0 saturated heterocycles. The molecule has 0 bridgehead atoms. The standard InChI is InChI=1S/C16H19BrO5S/c17-14-12-10-8-6-4-2-1-3-5-7-9-11-13-16(18)15-22-23(19,20)21/h12,14,16,18H,1-6,15H2,(H,19,20,21)/b14-12+. The Hall–Kier alpha value is -1.27. The van der Waals surface area contributed by atoms with Crippen LogP contribution in [-0.2, 0) is 14.6 Å². The minimum atomic E-state index is -4.55. The average Bonchev–Trinajstić information content (AvgIpc) is 2.49. The monoisotopic (exact) mass is 402 g/mol. The number of hydrogen-bond donors (Lipinski definition) is 2. The fourth-order valence-corrected chi connectivity index (χ4v) is 1.79. The summed E-state index contributed by atoms with van der Waals surface area (Å²) in [6.45, 7) is -0.623. The molecule has 0 heterocycles. The molecule has 0 aliphatic rings.